The van der Waals surface area contributed by atoms with Crippen molar-refractivity contribution >= 4 is 11.8 Å². The van der Waals surface area contributed by atoms with Gasteiger partial charge in [0.15, 0.2) is 0 Å². The maximum Gasteiger partial charge on any atom is 0.0184 e. The molecule has 2 rings (SSSR count). The van der Waals surface area contributed by atoms with Crippen molar-refractivity contribution in [2.75, 3.05) is 18.8 Å². The Kier molecular flexibility index (Phi) is 4.09. The molecule has 0 amide bonds. The van der Waals surface area contributed by atoms with Crippen molar-refractivity contribution < 1.29 is 0 Å². The van der Waals surface area contributed by atoms with Crippen LogP contribution in [0.1, 0.15) is 17.5 Å². The fraction of sp³-hybridized carbons (Fsp3) is 0.538. The predicted octanol–water partition coefficient (Wildman–Crippen LogP) is 2.84. The highest BCUT2D eigenvalue weighted by molar-refractivity contribution is 7.98. The van der Waals surface area contributed by atoms with Crippen molar-refractivity contribution in [2.45, 2.75) is 19.1 Å². The highest BCUT2D eigenvalue weighted by atomic mass is 32.2. The summed E-state index contributed by atoms with van der Waals surface area (Å²) in [4.78, 5) is 0. The lowest BCUT2D eigenvalue weighted by Gasteiger charge is -2.07. The molecule has 0 saturated carbocycles. The van der Waals surface area contributed by atoms with Gasteiger partial charge in [-0.25, -0.2) is 0 Å². The minimum atomic E-state index is 0.903. The standard InChI is InChI=1S/C13H19NS/c1-11-2-4-12(5-3-11)9-15-10-13-6-7-14-8-13/h2-5,13-14H,6-10H2,1H3. The van der Waals surface area contributed by atoms with E-state index in [1.54, 1.807) is 0 Å². The van der Waals surface area contributed by atoms with E-state index in [-0.39, 0.29) is 0 Å². The molecule has 1 aliphatic rings. The molecular formula is C13H19NS. The number of benzene rings is 1. The summed E-state index contributed by atoms with van der Waals surface area (Å²) in [5.74, 6) is 3.37. The Hall–Kier alpha value is -0.470. The fourth-order valence-corrected chi connectivity index (χ4v) is 3.05. The molecule has 0 radical (unpaired) electrons. The van der Waals surface area contributed by atoms with Gasteiger partial charge in [0.05, 0.1) is 0 Å². The maximum atomic E-state index is 3.42. The molecule has 2 heteroatoms. The Morgan fingerprint density at radius 3 is 2.80 bits per heavy atom. The minimum Gasteiger partial charge on any atom is -0.316 e. The molecule has 0 bridgehead atoms. The molecule has 1 nitrogen and oxygen atoms in total. The molecule has 0 aliphatic carbocycles. The number of thioether (sulfide) groups is 1. The van der Waals surface area contributed by atoms with E-state index < -0.39 is 0 Å². The summed E-state index contributed by atoms with van der Waals surface area (Å²) in [5, 5.41) is 3.42. The first kappa shape index (κ1) is 11.0. The molecule has 0 spiro atoms. The molecule has 1 aromatic rings. The molecule has 1 unspecified atom stereocenters. The fourth-order valence-electron chi connectivity index (χ4n) is 1.88. The predicted molar refractivity (Wildman–Crippen MR) is 68.3 cm³/mol. The van der Waals surface area contributed by atoms with Gasteiger partial charge in [-0.2, -0.15) is 11.8 Å². The third-order valence-corrected chi connectivity index (χ3v) is 4.15. The Morgan fingerprint density at radius 1 is 1.33 bits per heavy atom. The molecule has 1 aliphatic heterocycles. The number of hydrogen-bond donors (Lipinski definition) is 1. The molecular weight excluding hydrogens is 202 g/mol. The number of aryl methyl sites for hydroxylation is 1. The Bertz CT molecular complexity index is 288. The van der Waals surface area contributed by atoms with E-state index >= 15 is 0 Å². The van der Waals surface area contributed by atoms with E-state index in [1.165, 1.54) is 36.4 Å². The van der Waals surface area contributed by atoms with Crippen LogP contribution < -0.4 is 5.32 Å². The van der Waals surface area contributed by atoms with Crippen LogP contribution in [0.3, 0.4) is 0 Å². The first-order valence-electron chi connectivity index (χ1n) is 5.68. The summed E-state index contributed by atoms with van der Waals surface area (Å²) in [6.07, 6.45) is 1.36. The number of hydrogen-bond acceptors (Lipinski definition) is 2. The second-order valence-electron chi connectivity index (χ2n) is 4.36. The highest BCUT2D eigenvalue weighted by Gasteiger charge is 2.13. The molecule has 82 valence electrons. The summed E-state index contributed by atoms with van der Waals surface area (Å²) in [7, 11) is 0. The van der Waals surface area contributed by atoms with Crippen LogP contribution in [-0.4, -0.2) is 18.8 Å². The van der Waals surface area contributed by atoms with E-state index in [2.05, 4.69) is 48.3 Å². The molecule has 1 fully saturated rings. The van der Waals surface area contributed by atoms with Crippen LogP contribution in [0, 0.1) is 12.8 Å². The van der Waals surface area contributed by atoms with Crippen LogP contribution in [0.15, 0.2) is 24.3 Å². The third kappa shape index (κ3) is 3.54. The van der Waals surface area contributed by atoms with Gasteiger partial charge in [-0.1, -0.05) is 29.8 Å². The van der Waals surface area contributed by atoms with Crippen LogP contribution in [0.5, 0.6) is 0 Å². The maximum absolute atomic E-state index is 3.42. The van der Waals surface area contributed by atoms with Gasteiger partial charge in [-0.05, 0) is 43.7 Å². The zero-order chi connectivity index (χ0) is 10.5. The van der Waals surface area contributed by atoms with E-state index in [9.17, 15) is 0 Å². The van der Waals surface area contributed by atoms with Gasteiger partial charge in [0.2, 0.25) is 0 Å². The second-order valence-corrected chi connectivity index (χ2v) is 5.39. The third-order valence-electron chi connectivity index (χ3n) is 2.91. The van der Waals surface area contributed by atoms with Crippen molar-refractivity contribution in [2.24, 2.45) is 5.92 Å². The zero-order valence-electron chi connectivity index (χ0n) is 9.33. The van der Waals surface area contributed by atoms with Gasteiger partial charge >= 0.3 is 0 Å². The van der Waals surface area contributed by atoms with Crippen LogP contribution >= 0.6 is 11.8 Å². The van der Waals surface area contributed by atoms with Gasteiger partial charge in [0, 0.05) is 5.75 Å². The highest BCUT2D eigenvalue weighted by Crippen LogP contribution is 2.19. The molecule has 1 heterocycles. The normalized spacial score (nSPS) is 20.7. The number of rotatable bonds is 4. The van der Waals surface area contributed by atoms with Gasteiger partial charge in [0.1, 0.15) is 0 Å². The summed E-state index contributed by atoms with van der Waals surface area (Å²) >= 11 is 2.07. The van der Waals surface area contributed by atoms with E-state index in [4.69, 9.17) is 0 Å². The Labute approximate surface area is 96.7 Å². The summed E-state index contributed by atoms with van der Waals surface area (Å²) in [6, 6.07) is 8.89. The molecule has 1 saturated heterocycles. The van der Waals surface area contributed by atoms with Crippen molar-refractivity contribution in [3.63, 3.8) is 0 Å². The van der Waals surface area contributed by atoms with Crippen LogP contribution in [0.4, 0.5) is 0 Å². The van der Waals surface area contributed by atoms with E-state index in [1.807, 2.05) is 0 Å². The van der Waals surface area contributed by atoms with E-state index in [0.29, 0.717) is 0 Å². The molecule has 1 N–H and O–H groups in total. The van der Waals surface area contributed by atoms with Crippen molar-refractivity contribution in [3.05, 3.63) is 35.4 Å². The van der Waals surface area contributed by atoms with Crippen LogP contribution in [0.25, 0.3) is 0 Å². The molecule has 0 aromatic heterocycles. The minimum absolute atomic E-state index is 0.903. The largest absolute Gasteiger partial charge is 0.316 e. The first-order chi connectivity index (χ1) is 7.34. The smallest absolute Gasteiger partial charge is 0.0184 e. The average Bonchev–Trinajstić information content (AvgIpc) is 2.74. The van der Waals surface area contributed by atoms with Crippen molar-refractivity contribution in [1.29, 1.82) is 0 Å². The lowest BCUT2D eigenvalue weighted by atomic mass is 10.2. The molecule has 15 heavy (non-hydrogen) atoms. The zero-order valence-corrected chi connectivity index (χ0v) is 10.1. The second kappa shape index (κ2) is 5.57. The van der Waals surface area contributed by atoms with Gasteiger partial charge in [-0.3, -0.25) is 0 Å². The van der Waals surface area contributed by atoms with Gasteiger partial charge < -0.3 is 5.32 Å². The van der Waals surface area contributed by atoms with Crippen molar-refractivity contribution in [3.8, 4) is 0 Å². The Balaban J connectivity index is 1.71. The monoisotopic (exact) mass is 221 g/mol. The van der Waals surface area contributed by atoms with Crippen LogP contribution in [-0.2, 0) is 5.75 Å². The van der Waals surface area contributed by atoms with Crippen LogP contribution in [0.2, 0.25) is 0 Å². The SMILES string of the molecule is Cc1ccc(CSCC2CCNC2)cc1. The Morgan fingerprint density at radius 2 is 2.13 bits per heavy atom. The quantitative estimate of drug-likeness (QED) is 0.839. The average molecular weight is 221 g/mol. The van der Waals surface area contributed by atoms with Crippen molar-refractivity contribution in [1.82, 2.24) is 5.32 Å². The van der Waals surface area contributed by atoms with E-state index in [0.717, 1.165) is 11.7 Å². The topological polar surface area (TPSA) is 12.0 Å². The summed E-state index contributed by atoms with van der Waals surface area (Å²) < 4.78 is 0. The summed E-state index contributed by atoms with van der Waals surface area (Å²) in [6.45, 7) is 4.58. The van der Waals surface area contributed by atoms with Gasteiger partial charge in [-0.15, -0.1) is 0 Å². The first-order valence-corrected chi connectivity index (χ1v) is 6.84. The summed E-state index contributed by atoms with van der Waals surface area (Å²) in [5.41, 5.74) is 2.81. The lowest BCUT2D eigenvalue weighted by molar-refractivity contribution is 0.662. The van der Waals surface area contributed by atoms with Gasteiger partial charge in [0.25, 0.3) is 0 Å². The lowest BCUT2D eigenvalue weighted by Crippen LogP contribution is -2.10. The number of nitrogens with one attached hydrogen (secondary N) is 1. The molecule has 1 aromatic carbocycles. The molecule has 1 atom stereocenters.